The Kier molecular flexibility index (Phi) is 4.99. The van der Waals surface area contributed by atoms with Crippen LogP contribution in [-0.2, 0) is 13.0 Å². The first kappa shape index (κ1) is 19.4. The van der Waals surface area contributed by atoms with Gasteiger partial charge in [-0.1, -0.05) is 42.5 Å². The molecule has 0 saturated heterocycles. The van der Waals surface area contributed by atoms with Crippen molar-refractivity contribution < 1.29 is 4.79 Å². The van der Waals surface area contributed by atoms with Crippen molar-refractivity contribution in [2.75, 3.05) is 23.8 Å². The number of hydrogen-bond donors (Lipinski definition) is 2. The molecule has 156 valence electrons. The summed E-state index contributed by atoms with van der Waals surface area (Å²) in [5.41, 5.74) is 9.01. The van der Waals surface area contributed by atoms with Crippen molar-refractivity contribution in [1.29, 1.82) is 0 Å². The third-order valence-corrected chi connectivity index (χ3v) is 6.44. The summed E-state index contributed by atoms with van der Waals surface area (Å²) in [6.07, 6.45) is 1.99. The van der Waals surface area contributed by atoms with E-state index in [0.717, 1.165) is 46.7 Å². The number of aromatic nitrogens is 3. The van der Waals surface area contributed by atoms with E-state index in [9.17, 15) is 4.79 Å². The van der Waals surface area contributed by atoms with Crippen LogP contribution in [-0.4, -0.2) is 33.8 Å². The van der Waals surface area contributed by atoms with Crippen LogP contribution in [0.4, 0.5) is 11.6 Å². The predicted octanol–water partition coefficient (Wildman–Crippen LogP) is 3.85. The summed E-state index contributed by atoms with van der Waals surface area (Å²) in [7, 11) is 2.06. The highest BCUT2D eigenvalue weighted by Crippen LogP contribution is 2.36. The molecule has 1 aliphatic heterocycles. The van der Waals surface area contributed by atoms with Gasteiger partial charge in [0.25, 0.3) is 0 Å². The molecule has 0 bridgehead atoms. The van der Waals surface area contributed by atoms with Crippen molar-refractivity contribution in [1.82, 2.24) is 14.3 Å². The van der Waals surface area contributed by atoms with Gasteiger partial charge in [0.15, 0.2) is 5.82 Å². The standard InChI is InChI=1S/C23H22N6OS/c1-29-12-6-11-17-21(25-13-14-7-3-2-4-8-14)26-22(27-23(17)29)18-15-9-5-10-16(20(24)30)19(15)31-28-18/h2-5,7-10H,6,11-13H2,1H3,(H2,24,30)(H,25,26,27). The van der Waals surface area contributed by atoms with E-state index in [4.69, 9.17) is 15.7 Å². The monoisotopic (exact) mass is 430 g/mol. The highest BCUT2D eigenvalue weighted by molar-refractivity contribution is 7.14. The van der Waals surface area contributed by atoms with E-state index in [1.54, 1.807) is 6.07 Å². The fraction of sp³-hybridized carbons (Fsp3) is 0.217. The Labute approximate surface area is 184 Å². The second kappa shape index (κ2) is 7.96. The maximum atomic E-state index is 11.8. The lowest BCUT2D eigenvalue weighted by atomic mass is 10.1. The Hall–Kier alpha value is -3.52. The van der Waals surface area contributed by atoms with Gasteiger partial charge in [-0.15, -0.1) is 0 Å². The van der Waals surface area contributed by atoms with E-state index in [2.05, 4.69) is 33.8 Å². The van der Waals surface area contributed by atoms with Crippen molar-refractivity contribution >= 4 is 39.2 Å². The summed E-state index contributed by atoms with van der Waals surface area (Å²) in [4.78, 5) is 23.8. The zero-order valence-electron chi connectivity index (χ0n) is 17.1. The van der Waals surface area contributed by atoms with Crippen molar-refractivity contribution in [3.63, 3.8) is 0 Å². The summed E-state index contributed by atoms with van der Waals surface area (Å²) in [6, 6.07) is 15.7. The van der Waals surface area contributed by atoms with E-state index in [0.29, 0.717) is 23.6 Å². The van der Waals surface area contributed by atoms with E-state index in [-0.39, 0.29) is 0 Å². The third-order valence-electron chi connectivity index (χ3n) is 5.55. The van der Waals surface area contributed by atoms with Gasteiger partial charge in [-0.3, -0.25) is 4.79 Å². The minimum absolute atomic E-state index is 0.461. The van der Waals surface area contributed by atoms with Gasteiger partial charge in [-0.2, -0.15) is 4.37 Å². The molecule has 3 heterocycles. The molecule has 31 heavy (non-hydrogen) atoms. The molecule has 0 unspecified atom stereocenters. The van der Waals surface area contributed by atoms with Crippen molar-refractivity contribution in [3.8, 4) is 11.5 Å². The molecule has 0 radical (unpaired) electrons. The van der Waals surface area contributed by atoms with Gasteiger partial charge in [-0.25, -0.2) is 9.97 Å². The lowest BCUT2D eigenvalue weighted by Gasteiger charge is -2.28. The number of fused-ring (bicyclic) bond motifs is 2. The molecule has 0 atom stereocenters. The second-order valence-corrected chi connectivity index (χ2v) is 8.41. The number of primary amides is 1. The Morgan fingerprint density at radius 2 is 2.00 bits per heavy atom. The Morgan fingerprint density at radius 1 is 1.16 bits per heavy atom. The van der Waals surface area contributed by atoms with Crippen molar-refractivity contribution in [2.45, 2.75) is 19.4 Å². The predicted molar refractivity (Wildman–Crippen MR) is 125 cm³/mol. The van der Waals surface area contributed by atoms with Crippen LogP contribution < -0.4 is 16.0 Å². The Bertz CT molecular complexity index is 1270. The number of nitrogens with one attached hydrogen (secondary N) is 1. The van der Waals surface area contributed by atoms with Gasteiger partial charge >= 0.3 is 0 Å². The number of benzene rings is 2. The highest BCUT2D eigenvalue weighted by atomic mass is 32.1. The van der Waals surface area contributed by atoms with Gasteiger partial charge < -0.3 is 16.0 Å². The summed E-state index contributed by atoms with van der Waals surface area (Å²) in [6.45, 7) is 1.63. The minimum Gasteiger partial charge on any atom is -0.366 e. The first-order valence-electron chi connectivity index (χ1n) is 10.2. The minimum atomic E-state index is -0.461. The molecule has 0 aliphatic carbocycles. The maximum absolute atomic E-state index is 11.8. The number of hydrogen-bond acceptors (Lipinski definition) is 7. The molecule has 3 N–H and O–H groups in total. The lowest BCUT2D eigenvalue weighted by molar-refractivity contribution is 0.100. The summed E-state index contributed by atoms with van der Waals surface area (Å²) in [5, 5.41) is 4.35. The van der Waals surface area contributed by atoms with Gasteiger partial charge in [0.1, 0.15) is 17.3 Å². The van der Waals surface area contributed by atoms with Crippen LogP contribution in [0.15, 0.2) is 48.5 Å². The quantitative estimate of drug-likeness (QED) is 0.499. The molecule has 1 aliphatic rings. The van der Waals surface area contributed by atoms with Gasteiger partial charge in [0.05, 0.1) is 10.3 Å². The largest absolute Gasteiger partial charge is 0.366 e. The second-order valence-electron chi connectivity index (χ2n) is 7.64. The molecule has 1 amide bonds. The van der Waals surface area contributed by atoms with Crippen LogP contribution in [0.25, 0.3) is 21.6 Å². The Morgan fingerprint density at radius 3 is 2.81 bits per heavy atom. The molecule has 0 spiro atoms. The van der Waals surface area contributed by atoms with Gasteiger partial charge in [0.2, 0.25) is 5.91 Å². The molecule has 0 saturated carbocycles. The SMILES string of the molecule is CN1CCCc2c(NCc3ccccc3)nc(-c3nsc4c(C(N)=O)cccc34)nc21. The summed E-state index contributed by atoms with van der Waals surface area (Å²) in [5.74, 6) is 1.86. The number of rotatable bonds is 5. The number of amides is 1. The smallest absolute Gasteiger partial charge is 0.250 e. The molecular formula is C23H22N6OS. The topological polar surface area (TPSA) is 97.0 Å². The van der Waals surface area contributed by atoms with Gasteiger partial charge in [0, 0.05) is 31.1 Å². The fourth-order valence-electron chi connectivity index (χ4n) is 3.97. The fourth-order valence-corrected chi connectivity index (χ4v) is 4.86. The maximum Gasteiger partial charge on any atom is 0.250 e. The highest BCUT2D eigenvalue weighted by Gasteiger charge is 2.24. The zero-order chi connectivity index (χ0) is 21.4. The van der Waals surface area contributed by atoms with E-state index in [1.165, 1.54) is 17.1 Å². The molecular weight excluding hydrogens is 408 g/mol. The lowest BCUT2D eigenvalue weighted by Crippen LogP contribution is -2.27. The first-order valence-corrected chi connectivity index (χ1v) is 11.0. The van der Waals surface area contributed by atoms with E-state index in [1.807, 2.05) is 30.3 Å². The Balaban J connectivity index is 1.61. The third kappa shape index (κ3) is 3.59. The first-order chi connectivity index (χ1) is 15.1. The van der Waals surface area contributed by atoms with E-state index >= 15 is 0 Å². The van der Waals surface area contributed by atoms with Crippen LogP contribution in [0.2, 0.25) is 0 Å². The molecule has 8 heteroatoms. The number of nitrogens with zero attached hydrogens (tertiary/aromatic N) is 4. The van der Waals surface area contributed by atoms with Crippen LogP contribution in [0.5, 0.6) is 0 Å². The van der Waals surface area contributed by atoms with Crippen molar-refractivity contribution in [3.05, 3.63) is 65.2 Å². The molecule has 2 aromatic carbocycles. The van der Waals surface area contributed by atoms with Crippen LogP contribution in [0, 0.1) is 0 Å². The normalized spacial score (nSPS) is 13.3. The number of nitrogens with two attached hydrogens (primary N) is 1. The molecule has 0 fully saturated rings. The average Bonchev–Trinajstić information content (AvgIpc) is 3.22. The number of anilines is 2. The van der Waals surface area contributed by atoms with E-state index < -0.39 is 5.91 Å². The van der Waals surface area contributed by atoms with Gasteiger partial charge in [-0.05, 0) is 36.0 Å². The van der Waals surface area contributed by atoms with Crippen LogP contribution in [0.3, 0.4) is 0 Å². The molecule has 5 rings (SSSR count). The molecule has 7 nitrogen and oxygen atoms in total. The number of carbonyl (C=O) groups excluding carboxylic acids is 1. The summed E-state index contributed by atoms with van der Waals surface area (Å²) >= 11 is 1.25. The number of carbonyl (C=O) groups is 1. The molecule has 4 aromatic rings. The summed E-state index contributed by atoms with van der Waals surface area (Å²) < 4.78 is 5.37. The molecule has 2 aromatic heterocycles. The zero-order valence-corrected chi connectivity index (χ0v) is 17.9. The van der Waals surface area contributed by atoms with Crippen molar-refractivity contribution in [2.24, 2.45) is 5.73 Å². The van der Waals surface area contributed by atoms with Crippen LogP contribution >= 0.6 is 11.5 Å². The van der Waals surface area contributed by atoms with Crippen LogP contribution in [0.1, 0.15) is 27.9 Å². The average molecular weight is 431 g/mol.